The van der Waals surface area contributed by atoms with Gasteiger partial charge in [-0.3, -0.25) is 4.90 Å². The number of likely N-dealkylation sites (tertiary alicyclic amines) is 1. The lowest BCUT2D eigenvalue weighted by atomic mass is 9.95. The van der Waals surface area contributed by atoms with Crippen molar-refractivity contribution in [3.63, 3.8) is 0 Å². The van der Waals surface area contributed by atoms with E-state index < -0.39 is 0 Å². The SMILES string of the molecule is CCNCc1ccccc1CN1CCC(C(C)C)C1. The minimum Gasteiger partial charge on any atom is -0.313 e. The Morgan fingerprint density at radius 3 is 2.63 bits per heavy atom. The van der Waals surface area contributed by atoms with Gasteiger partial charge in [0.25, 0.3) is 0 Å². The second-order valence-corrected chi connectivity index (χ2v) is 6.08. The van der Waals surface area contributed by atoms with Crippen molar-refractivity contribution in [3.8, 4) is 0 Å². The van der Waals surface area contributed by atoms with E-state index in [9.17, 15) is 0 Å². The lowest BCUT2D eigenvalue weighted by molar-refractivity contribution is 0.296. The van der Waals surface area contributed by atoms with E-state index in [1.54, 1.807) is 0 Å². The lowest BCUT2D eigenvalue weighted by Crippen LogP contribution is -2.23. The summed E-state index contributed by atoms with van der Waals surface area (Å²) in [7, 11) is 0. The highest BCUT2D eigenvalue weighted by Gasteiger charge is 2.24. The van der Waals surface area contributed by atoms with Crippen LogP contribution in [-0.4, -0.2) is 24.5 Å². The molecular weight excluding hydrogens is 232 g/mol. The molecule has 1 fully saturated rings. The number of hydrogen-bond acceptors (Lipinski definition) is 2. The van der Waals surface area contributed by atoms with Crippen molar-refractivity contribution in [3.05, 3.63) is 35.4 Å². The van der Waals surface area contributed by atoms with Crippen LogP contribution < -0.4 is 5.32 Å². The Bertz CT molecular complexity index is 387. The number of rotatable bonds is 6. The molecule has 1 aliphatic heterocycles. The fraction of sp³-hybridized carbons (Fsp3) is 0.647. The predicted octanol–water partition coefficient (Wildman–Crippen LogP) is 3.27. The van der Waals surface area contributed by atoms with Crippen LogP contribution in [0.5, 0.6) is 0 Å². The van der Waals surface area contributed by atoms with E-state index in [4.69, 9.17) is 0 Å². The number of nitrogens with zero attached hydrogens (tertiary/aromatic N) is 1. The third kappa shape index (κ3) is 4.05. The van der Waals surface area contributed by atoms with Gasteiger partial charge in [-0.2, -0.15) is 0 Å². The van der Waals surface area contributed by atoms with E-state index >= 15 is 0 Å². The Balaban J connectivity index is 1.95. The number of benzene rings is 1. The maximum atomic E-state index is 3.44. The molecule has 0 bridgehead atoms. The molecule has 2 heteroatoms. The minimum absolute atomic E-state index is 0.821. The molecule has 0 radical (unpaired) electrons. The van der Waals surface area contributed by atoms with Crippen LogP contribution in [0, 0.1) is 11.8 Å². The maximum absolute atomic E-state index is 3.44. The first kappa shape index (κ1) is 14.5. The average molecular weight is 260 g/mol. The summed E-state index contributed by atoms with van der Waals surface area (Å²) in [4.78, 5) is 2.62. The largest absolute Gasteiger partial charge is 0.313 e. The van der Waals surface area contributed by atoms with E-state index in [0.717, 1.165) is 31.5 Å². The zero-order valence-corrected chi connectivity index (χ0v) is 12.7. The van der Waals surface area contributed by atoms with Gasteiger partial charge >= 0.3 is 0 Å². The second kappa shape index (κ2) is 7.06. The molecule has 0 saturated carbocycles. The summed E-state index contributed by atoms with van der Waals surface area (Å²) in [5.41, 5.74) is 2.95. The van der Waals surface area contributed by atoms with Gasteiger partial charge in [0.15, 0.2) is 0 Å². The van der Waals surface area contributed by atoms with Crippen LogP contribution in [0.2, 0.25) is 0 Å². The Morgan fingerprint density at radius 2 is 2.00 bits per heavy atom. The van der Waals surface area contributed by atoms with Crippen LogP contribution in [0.15, 0.2) is 24.3 Å². The summed E-state index contributed by atoms with van der Waals surface area (Å²) >= 11 is 0. The molecule has 1 N–H and O–H groups in total. The molecule has 1 saturated heterocycles. The van der Waals surface area contributed by atoms with Gasteiger partial charge in [-0.1, -0.05) is 45.0 Å². The van der Waals surface area contributed by atoms with Crippen molar-refractivity contribution < 1.29 is 0 Å². The summed E-state index contributed by atoms with van der Waals surface area (Å²) in [6, 6.07) is 8.86. The van der Waals surface area contributed by atoms with Crippen molar-refractivity contribution in [1.82, 2.24) is 10.2 Å². The van der Waals surface area contributed by atoms with Crippen LogP contribution in [-0.2, 0) is 13.1 Å². The predicted molar refractivity (Wildman–Crippen MR) is 82.0 cm³/mol. The van der Waals surface area contributed by atoms with Crippen molar-refractivity contribution in [1.29, 1.82) is 0 Å². The van der Waals surface area contributed by atoms with Crippen molar-refractivity contribution >= 4 is 0 Å². The maximum Gasteiger partial charge on any atom is 0.0237 e. The smallest absolute Gasteiger partial charge is 0.0237 e. The average Bonchev–Trinajstić information content (AvgIpc) is 2.86. The van der Waals surface area contributed by atoms with Crippen LogP contribution in [0.4, 0.5) is 0 Å². The normalized spacial score (nSPS) is 20.3. The lowest BCUT2D eigenvalue weighted by Gasteiger charge is -2.19. The molecular formula is C17H28N2. The molecule has 2 rings (SSSR count). The third-order valence-electron chi connectivity index (χ3n) is 4.33. The van der Waals surface area contributed by atoms with Crippen molar-refractivity contribution in [2.45, 2.75) is 40.3 Å². The van der Waals surface area contributed by atoms with Gasteiger partial charge in [-0.25, -0.2) is 0 Å². The topological polar surface area (TPSA) is 15.3 Å². The highest BCUT2D eigenvalue weighted by atomic mass is 15.1. The zero-order valence-electron chi connectivity index (χ0n) is 12.7. The summed E-state index contributed by atoms with van der Waals surface area (Å²) < 4.78 is 0. The van der Waals surface area contributed by atoms with Gasteiger partial charge in [0.05, 0.1) is 0 Å². The van der Waals surface area contributed by atoms with E-state index in [1.165, 1.54) is 30.6 Å². The van der Waals surface area contributed by atoms with Gasteiger partial charge in [0, 0.05) is 19.6 Å². The molecule has 0 amide bonds. The fourth-order valence-electron chi connectivity index (χ4n) is 2.94. The molecule has 0 spiro atoms. The van der Waals surface area contributed by atoms with Crippen LogP contribution in [0.1, 0.15) is 38.3 Å². The second-order valence-electron chi connectivity index (χ2n) is 6.08. The van der Waals surface area contributed by atoms with Gasteiger partial charge in [0.2, 0.25) is 0 Å². The molecule has 2 nitrogen and oxygen atoms in total. The molecule has 1 aromatic carbocycles. The molecule has 1 atom stereocenters. The Kier molecular flexibility index (Phi) is 5.41. The summed E-state index contributed by atoms with van der Waals surface area (Å²) in [5.74, 6) is 1.71. The van der Waals surface area contributed by atoms with Gasteiger partial charge in [-0.15, -0.1) is 0 Å². The van der Waals surface area contributed by atoms with Gasteiger partial charge < -0.3 is 5.32 Å². The Hall–Kier alpha value is -0.860. The molecule has 106 valence electrons. The van der Waals surface area contributed by atoms with Gasteiger partial charge in [0.1, 0.15) is 0 Å². The van der Waals surface area contributed by atoms with Gasteiger partial charge in [-0.05, 0) is 42.5 Å². The third-order valence-corrected chi connectivity index (χ3v) is 4.33. The van der Waals surface area contributed by atoms with E-state index in [1.807, 2.05) is 0 Å². The van der Waals surface area contributed by atoms with E-state index in [0.29, 0.717) is 0 Å². The van der Waals surface area contributed by atoms with E-state index in [2.05, 4.69) is 55.3 Å². The summed E-state index contributed by atoms with van der Waals surface area (Å²) in [6.07, 6.45) is 1.37. The Morgan fingerprint density at radius 1 is 1.26 bits per heavy atom. The van der Waals surface area contributed by atoms with Crippen LogP contribution in [0.3, 0.4) is 0 Å². The summed E-state index contributed by atoms with van der Waals surface area (Å²) in [5, 5.41) is 3.44. The number of nitrogens with one attached hydrogen (secondary N) is 1. The number of hydrogen-bond donors (Lipinski definition) is 1. The molecule has 1 unspecified atom stereocenters. The van der Waals surface area contributed by atoms with Crippen molar-refractivity contribution in [2.24, 2.45) is 11.8 Å². The first-order valence-electron chi connectivity index (χ1n) is 7.70. The Labute approximate surface area is 118 Å². The quantitative estimate of drug-likeness (QED) is 0.844. The molecule has 1 heterocycles. The highest BCUT2D eigenvalue weighted by molar-refractivity contribution is 5.27. The molecule has 1 aromatic rings. The molecule has 1 aliphatic rings. The molecule has 0 aromatic heterocycles. The molecule has 0 aliphatic carbocycles. The first-order chi connectivity index (χ1) is 9.20. The van der Waals surface area contributed by atoms with Crippen LogP contribution in [0.25, 0.3) is 0 Å². The first-order valence-corrected chi connectivity index (χ1v) is 7.70. The fourth-order valence-corrected chi connectivity index (χ4v) is 2.94. The van der Waals surface area contributed by atoms with E-state index in [-0.39, 0.29) is 0 Å². The summed E-state index contributed by atoms with van der Waals surface area (Å²) in [6.45, 7) is 12.6. The standard InChI is InChI=1S/C17H28N2/c1-4-18-11-15-7-5-6-8-17(15)13-19-10-9-16(12-19)14(2)3/h5-8,14,16,18H,4,9-13H2,1-3H3. The zero-order chi connectivity index (χ0) is 13.7. The highest BCUT2D eigenvalue weighted by Crippen LogP contribution is 2.25. The van der Waals surface area contributed by atoms with Crippen molar-refractivity contribution in [2.75, 3.05) is 19.6 Å². The minimum atomic E-state index is 0.821. The van der Waals surface area contributed by atoms with Crippen LogP contribution >= 0.6 is 0 Å². The molecule has 19 heavy (non-hydrogen) atoms. The monoisotopic (exact) mass is 260 g/mol.